The lowest BCUT2D eigenvalue weighted by atomic mass is 9.92. The number of anilines is 1. The van der Waals surface area contributed by atoms with E-state index in [0.29, 0.717) is 25.2 Å². The SMILES string of the molecule is CS(=O)(=O)c1cccc(N2CCC(CC(=O)N3CCCC3)CC2)c1[N+](=O)[O-]. The number of benzene rings is 1. The van der Waals surface area contributed by atoms with Crippen molar-refractivity contribution in [3.8, 4) is 0 Å². The fraction of sp³-hybridized carbons (Fsp3) is 0.611. The second-order valence-electron chi connectivity index (χ2n) is 7.38. The van der Waals surface area contributed by atoms with Crippen LogP contribution < -0.4 is 4.90 Å². The Morgan fingerprint density at radius 2 is 1.81 bits per heavy atom. The van der Waals surface area contributed by atoms with E-state index in [0.717, 1.165) is 45.0 Å². The molecule has 2 heterocycles. The van der Waals surface area contributed by atoms with Gasteiger partial charge >= 0.3 is 5.69 Å². The summed E-state index contributed by atoms with van der Waals surface area (Å²) in [5, 5.41) is 11.6. The van der Waals surface area contributed by atoms with E-state index in [4.69, 9.17) is 0 Å². The Morgan fingerprint density at radius 3 is 2.37 bits per heavy atom. The van der Waals surface area contributed by atoms with Gasteiger partial charge in [-0.05, 0) is 43.7 Å². The highest BCUT2D eigenvalue weighted by Gasteiger charge is 2.31. The lowest BCUT2D eigenvalue weighted by molar-refractivity contribution is -0.387. The number of piperidine rings is 1. The first-order valence-electron chi connectivity index (χ1n) is 9.27. The van der Waals surface area contributed by atoms with Crippen molar-refractivity contribution in [1.29, 1.82) is 0 Å². The summed E-state index contributed by atoms with van der Waals surface area (Å²) in [5.74, 6) is 0.475. The molecular weight excluding hydrogens is 370 g/mol. The van der Waals surface area contributed by atoms with Crippen molar-refractivity contribution in [2.75, 3.05) is 37.3 Å². The molecule has 2 aliphatic rings. The Morgan fingerprint density at radius 1 is 1.19 bits per heavy atom. The minimum atomic E-state index is -3.69. The number of nitro groups is 1. The molecule has 2 aliphatic heterocycles. The molecular formula is C18H25N3O5S. The third-order valence-electron chi connectivity index (χ3n) is 5.44. The molecule has 0 spiro atoms. The smallest absolute Gasteiger partial charge is 0.311 e. The van der Waals surface area contributed by atoms with E-state index in [-0.39, 0.29) is 22.4 Å². The molecule has 0 saturated carbocycles. The standard InChI is InChI=1S/C18H25N3O5S/c1-27(25,26)16-6-4-5-15(18(16)21(23)24)19-11-7-14(8-12-19)13-17(22)20-9-2-3-10-20/h4-6,14H,2-3,7-13H2,1H3. The Hall–Kier alpha value is -2.16. The fourth-order valence-electron chi connectivity index (χ4n) is 3.97. The van der Waals surface area contributed by atoms with Crippen molar-refractivity contribution >= 4 is 27.1 Å². The number of carbonyl (C=O) groups is 1. The van der Waals surface area contributed by atoms with E-state index in [2.05, 4.69) is 0 Å². The van der Waals surface area contributed by atoms with Crippen LogP contribution in [-0.2, 0) is 14.6 Å². The number of likely N-dealkylation sites (tertiary alicyclic amines) is 1. The van der Waals surface area contributed by atoms with E-state index in [1.165, 1.54) is 6.07 Å². The summed E-state index contributed by atoms with van der Waals surface area (Å²) < 4.78 is 23.9. The van der Waals surface area contributed by atoms with Gasteiger partial charge in [-0.25, -0.2) is 8.42 Å². The van der Waals surface area contributed by atoms with Crippen LogP contribution in [0.25, 0.3) is 0 Å². The Bertz CT molecular complexity index is 825. The highest BCUT2D eigenvalue weighted by molar-refractivity contribution is 7.90. The lowest BCUT2D eigenvalue weighted by Crippen LogP contribution is -2.37. The minimum absolute atomic E-state index is 0.205. The maximum absolute atomic E-state index is 12.3. The van der Waals surface area contributed by atoms with Crippen molar-refractivity contribution in [2.45, 2.75) is 37.0 Å². The topological polar surface area (TPSA) is 101 Å². The average molecular weight is 395 g/mol. The van der Waals surface area contributed by atoms with Crippen LogP contribution >= 0.6 is 0 Å². The first-order valence-corrected chi connectivity index (χ1v) is 11.2. The van der Waals surface area contributed by atoms with Crippen LogP contribution in [0.5, 0.6) is 0 Å². The van der Waals surface area contributed by atoms with Gasteiger partial charge in [-0.2, -0.15) is 0 Å². The third-order valence-corrected chi connectivity index (χ3v) is 6.57. The monoisotopic (exact) mass is 395 g/mol. The Balaban J connectivity index is 1.71. The van der Waals surface area contributed by atoms with Gasteiger partial charge in [0.2, 0.25) is 5.91 Å². The molecule has 1 aromatic rings. The molecule has 2 fully saturated rings. The zero-order valence-corrected chi connectivity index (χ0v) is 16.3. The number of rotatable bonds is 5. The summed E-state index contributed by atoms with van der Waals surface area (Å²) in [5.41, 5.74) is -0.0150. The summed E-state index contributed by atoms with van der Waals surface area (Å²) in [6, 6.07) is 4.42. The van der Waals surface area contributed by atoms with Crippen LogP contribution in [0.2, 0.25) is 0 Å². The number of nitrogens with zero attached hydrogens (tertiary/aromatic N) is 3. The molecule has 0 aromatic heterocycles. The molecule has 2 saturated heterocycles. The van der Waals surface area contributed by atoms with Crippen molar-refractivity contribution < 1.29 is 18.1 Å². The summed E-state index contributed by atoms with van der Waals surface area (Å²) in [4.78, 5) is 26.8. The van der Waals surface area contributed by atoms with Crippen molar-refractivity contribution in [1.82, 2.24) is 4.90 Å². The van der Waals surface area contributed by atoms with Gasteiger partial charge < -0.3 is 9.80 Å². The van der Waals surface area contributed by atoms with E-state index in [1.54, 1.807) is 12.1 Å². The van der Waals surface area contributed by atoms with Crippen molar-refractivity contribution in [2.24, 2.45) is 5.92 Å². The largest absolute Gasteiger partial charge is 0.366 e. The van der Waals surface area contributed by atoms with Gasteiger partial charge in [0.1, 0.15) is 10.6 Å². The van der Waals surface area contributed by atoms with E-state index >= 15 is 0 Å². The predicted molar refractivity (Wildman–Crippen MR) is 102 cm³/mol. The van der Waals surface area contributed by atoms with Crippen molar-refractivity contribution in [3.63, 3.8) is 0 Å². The second-order valence-corrected chi connectivity index (χ2v) is 9.36. The zero-order chi connectivity index (χ0) is 19.6. The summed E-state index contributed by atoms with van der Waals surface area (Å²) in [7, 11) is -3.69. The highest BCUT2D eigenvalue weighted by Crippen LogP contribution is 2.37. The number of para-hydroxylation sites is 1. The van der Waals surface area contributed by atoms with Crippen LogP contribution in [0.4, 0.5) is 11.4 Å². The van der Waals surface area contributed by atoms with Gasteiger partial charge in [-0.3, -0.25) is 14.9 Å². The number of amides is 1. The third kappa shape index (κ3) is 4.40. The van der Waals surface area contributed by atoms with Gasteiger partial charge in [0.25, 0.3) is 0 Å². The fourth-order valence-corrected chi connectivity index (χ4v) is 4.83. The van der Waals surface area contributed by atoms with E-state index in [9.17, 15) is 23.3 Å². The van der Waals surface area contributed by atoms with Crippen LogP contribution in [0.3, 0.4) is 0 Å². The zero-order valence-electron chi connectivity index (χ0n) is 15.5. The summed E-state index contributed by atoms with van der Waals surface area (Å²) >= 11 is 0. The Kier molecular flexibility index (Phi) is 5.69. The molecule has 148 valence electrons. The molecule has 9 heteroatoms. The second kappa shape index (κ2) is 7.84. The average Bonchev–Trinajstić information content (AvgIpc) is 3.16. The molecule has 0 radical (unpaired) electrons. The van der Waals surface area contributed by atoms with Crippen LogP contribution in [0.15, 0.2) is 23.1 Å². The van der Waals surface area contributed by atoms with Gasteiger partial charge in [0, 0.05) is 38.9 Å². The van der Waals surface area contributed by atoms with E-state index in [1.807, 2.05) is 9.80 Å². The molecule has 0 unspecified atom stereocenters. The lowest BCUT2D eigenvalue weighted by Gasteiger charge is -2.33. The molecule has 1 aromatic carbocycles. The van der Waals surface area contributed by atoms with Crippen LogP contribution in [0.1, 0.15) is 32.1 Å². The number of hydrogen-bond acceptors (Lipinski definition) is 6. The molecule has 3 rings (SSSR count). The van der Waals surface area contributed by atoms with Gasteiger partial charge in [0.15, 0.2) is 9.84 Å². The van der Waals surface area contributed by atoms with Crippen molar-refractivity contribution in [3.05, 3.63) is 28.3 Å². The predicted octanol–water partition coefficient (Wildman–Crippen LogP) is 2.23. The number of carbonyl (C=O) groups excluding carboxylic acids is 1. The molecule has 8 nitrogen and oxygen atoms in total. The first kappa shape index (κ1) is 19.6. The normalized spacial score (nSPS) is 18.7. The van der Waals surface area contributed by atoms with Gasteiger partial charge in [-0.1, -0.05) is 6.07 Å². The quantitative estimate of drug-likeness (QED) is 0.560. The number of sulfone groups is 1. The summed E-state index contributed by atoms with van der Waals surface area (Å²) in [6.07, 6.45) is 5.18. The van der Waals surface area contributed by atoms with Gasteiger partial charge in [-0.15, -0.1) is 0 Å². The van der Waals surface area contributed by atoms with Gasteiger partial charge in [0.05, 0.1) is 4.92 Å². The molecule has 1 amide bonds. The summed E-state index contributed by atoms with van der Waals surface area (Å²) in [6.45, 7) is 2.85. The number of hydrogen-bond donors (Lipinski definition) is 0. The minimum Gasteiger partial charge on any atom is -0.366 e. The molecule has 0 aliphatic carbocycles. The molecule has 0 bridgehead atoms. The maximum atomic E-state index is 12.3. The maximum Gasteiger partial charge on any atom is 0.311 e. The number of nitro benzene ring substituents is 1. The van der Waals surface area contributed by atoms with Crippen LogP contribution in [0, 0.1) is 16.0 Å². The molecule has 0 N–H and O–H groups in total. The van der Waals surface area contributed by atoms with Crippen LogP contribution in [-0.4, -0.2) is 56.6 Å². The first-order chi connectivity index (χ1) is 12.8. The molecule has 27 heavy (non-hydrogen) atoms. The highest BCUT2D eigenvalue weighted by atomic mass is 32.2. The Labute approximate surface area is 159 Å². The molecule has 0 atom stereocenters. The van der Waals surface area contributed by atoms with E-state index < -0.39 is 14.8 Å².